The van der Waals surface area contributed by atoms with Crippen LogP contribution >= 0.6 is 0 Å². The number of benzene rings is 2. The summed E-state index contributed by atoms with van der Waals surface area (Å²) in [5.74, 6) is 2.12. The molecule has 40 heavy (non-hydrogen) atoms. The SMILES string of the molecule is CCC(C)(C)n1nnnc1C(c1cc2cc(OC)ccc2[nH]c1=O)N(Cc1ccc(OC)cc1)CC1CCCO1. The van der Waals surface area contributed by atoms with Crippen LogP contribution in [0.4, 0.5) is 0 Å². The van der Waals surface area contributed by atoms with Gasteiger partial charge < -0.3 is 19.2 Å². The topological polar surface area (TPSA) is 107 Å². The van der Waals surface area contributed by atoms with Crippen LogP contribution in [0.3, 0.4) is 0 Å². The van der Waals surface area contributed by atoms with Crippen molar-refractivity contribution >= 4 is 10.9 Å². The van der Waals surface area contributed by atoms with E-state index < -0.39 is 6.04 Å². The van der Waals surface area contributed by atoms with E-state index in [4.69, 9.17) is 14.2 Å². The van der Waals surface area contributed by atoms with E-state index in [0.29, 0.717) is 30.2 Å². The standard InChI is InChI=1S/C30H38N6O4/c1-6-30(2,3)36-28(32-33-34-36)27(25-17-21-16-23(39-5)13-14-26(21)31-29(25)37)35(19-24-8-7-15-40-24)18-20-9-11-22(38-4)12-10-20/h9-14,16-17,24,27H,6-8,15,18-19H2,1-5H3,(H,31,37). The fraction of sp³-hybridized carbons (Fsp3) is 0.467. The van der Waals surface area contributed by atoms with E-state index in [0.717, 1.165) is 48.1 Å². The number of fused-ring (bicyclic) bond motifs is 1. The summed E-state index contributed by atoms with van der Waals surface area (Å²) in [7, 11) is 3.29. The number of rotatable bonds is 11. The maximum Gasteiger partial charge on any atom is 0.253 e. The van der Waals surface area contributed by atoms with Crippen LogP contribution < -0.4 is 15.0 Å². The highest BCUT2D eigenvalue weighted by molar-refractivity contribution is 5.80. The molecule has 1 aliphatic heterocycles. The van der Waals surface area contributed by atoms with Crippen LogP contribution in [0.5, 0.6) is 11.5 Å². The Hall–Kier alpha value is -3.76. The average Bonchev–Trinajstić information content (AvgIpc) is 3.67. The number of methoxy groups -OCH3 is 2. The molecular weight excluding hydrogens is 508 g/mol. The molecule has 212 valence electrons. The highest BCUT2D eigenvalue weighted by atomic mass is 16.5. The molecule has 10 heteroatoms. The Balaban J connectivity index is 1.69. The van der Waals surface area contributed by atoms with Crippen molar-refractivity contribution in [2.75, 3.05) is 27.4 Å². The van der Waals surface area contributed by atoms with Crippen LogP contribution in [-0.4, -0.2) is 63.6 Å². The van der Waals surface area contributed by atoms with Crippen LogP contribution in [0.25, 0.3) is 10.9 Å². The lowest BCUT2D eigenvalue weighted by molar-refractivity contribution is 0.0562. The summed E-state index contributed by atoms with van der Waals surface area (Å²) in [6, 6.07) is 15.0. The Morgan fingerprint density at radius 2 is 1.88 bits per heavy atom. The Morgan fingerprint density at radius 1 is 1.12 bits per heavy atom. The number of tetrazole rings is 1. The molecule has 2 unspecified atom stereocenters. The third kappa shape index (κ3) is 5.73. The molecule has 0 spiro atoms. The number of hydrogen-bond acceptors (Lipinski definition) is 8. The molecule has 1 fully saturated rings. The molecule has 5 rings (SSSR count). The summed E-state index contributed by atoms with van der Waals surface area (Å²) < 4.78 is 18.8. The van der Waals surface area contributed by atoms with Crippen molar-refractivity contribution in [1.82, 2.24) is 30.1 Å². The van der Waals surface area contributed by atoms with Gasteiger partial charge in [-0.2, -0.15) is 0 Å². The highest BCUT2D eigenvalue weighted by Gasteiger charge is 2.36. The minimum Gasteiger partial charge on any atom is -0.497 e. The second-order valence-electron chi connectivity index (χ2n) is 10.9. The van der Waals surface area contributed by atoms with Crippen LogP contribution in [0.2, 0.25) is 0 Å². The number of hydrogen-bond donors (Lipinski definition) is 1. The summed E-state index contributed by atoms with van der Waals surface area (Å²) in [6.07, 6.45) is 2.84. The molecule has 1 N–H and O–H groups in total. The van der Waals surface area contributed by atoms with Crippen LogP contribution in [0.15, 0.2) is 53.3 Å². The van der Waals surface area contributed by atoms with E-state index in [1.54, 1.807) is 14.2 Å². The quantitative estimate of drug-likeness (QED) is 0.294. The molecule has 0 radical (unpaired) electrons. The van der Waals surface area contributed by atoms with Gasteiger partial charge in [0.05, 0.1) is 25.9 Å². The molecule has 1 saturated heterocycles. The van der Waals surface area contributed by atoms with E-state index in [1.165, 1.54) is 0 Å². The molecular formula is C30H38N6O4. The molecule has 2 atom stereocenters. The maximum atomic E-state index is 13.8. The van der Waals surface area contributed by atoms with Gasteiger partial charge in [0.2, 0.25) is 0 Å². The number of ether oxygens (including phenoxy) is 3. The number of pyridine rings is 1. The van der Waals surface area contributed by atoms with Crippen molar-refractivity contribution < 1.29 is 14.2 Å². The van der Waals surface area contributed by atoms with Crippen molar-refractivity contribution in [3.63, 3.8) is 0 Å². The fourth-order valence-corrected chi connectivity index (χ4v) is 5.25. The van der Waals surface area contributed by atoms with Gasteiger partial charge in [-0.1, -0.05) is 19.1 Å². The molecule has 10 nitrogen and oxygen atoms in total. The monoisotopic (exact) mass is 546 g/mol. The predicted octanol–water partition coefficient (Wildman–Crippen LogP) is 4.45. The van der Waals surface area contributed by atoms with E-state index in [2.05, 4.69) is 46.2 Å². The zero-order valence-electron chi connectivity index (χ0n) is 23.9. The molecule has 3 heterocycles. The van der Waals surface area contributed by atoms with Gasteiger partial charge in [0.1, 0.15) is 17.5 Å². The molecule has 0 amide bonds. The van der Waals surface area contributed by atoms with Crippen molar-refractivity contribution in [3.05, 3.63) is 75.8 Å². The van der Waals surface area contributed by atoms with Gasteiger partial charge in [-0.15, -0.1) is 5.10 Å². The molecule has 0 aliphatic carbocycles. The second kappa shape index (κ2) is 11.8. The van der Waals surface area contributed by atoms with Crippen molar-refractivity contribution in [2.45, 2.75) is 64.3 Å². The minimum absolute atomic E-state index is 0.0453. The first-order valence-electron chi connectivity index (χ1n) is 13.8. The van der Waals surface area contributed by atoms with Crippen LogP contribution in [-0.2, 0) is 16.8 Å². The molecule has 1 aliphatic rings. The fourth-order valence-electron chi connectivity index (χ4n) is 5.25. The van der Waals surface area contributed by atoms with Crippen molar-refractivity contribution in [3.8, 4) is 11.5 Å². The Bertz CT molecular complexity index is 1490. The lowest BCUT2D eigenvalue weighted by Crippen LogP contribution is -2.41. The summed E-state index contributed by atoms with van der Waals surface area (Å²) in [6.45, 7) is 8.23. The first-order chi connectivity index (χ1) is 19.3. The van der Waals surface area contributed by atoms with Crippen LogP contribution in [0.1, 0.15) is 63.0 Å². The van der Waals surface area contributed by atoms with Gasteiger partial charge in [-0.25, -0.2) is 4.68 Å². The molecule has 0 saturated carbocycles. The first kappa shape index (κ1) is 27.8. The lowest BCUT2D eigenvalue weighted by atomic mass is 9.98. The first-order valence-corrected chi connectivity index (χ1v) is 13.8. The number of aromatic amines is 1. The number of nitrogens with one attached hydrogen (secondary N) is 1. The van der Waals surface area contributed by atoms with Gasteiger partial charge in [0, 0.05) is 36.2 Å². The smallest absolute Gasteiger partial charge is 0.253 e. The van der Waals surface area contributed by atoms with E-state index in [1.807, 2.05) is 53.2 Å². The summed E-state index contributed by atoms with van der Waals surface area (Å²) >= 11 is 0. The zero-order valence-corrected chi connectivity index (χ0v) is 23.9. The summed E-state index contributed by atoms with van der Waals surface area (Å²) in [4.78, 5) is 19.1. The molecule has 2 aromatic heterocycles. The molecule has 0 bridgehead atoms. The van der Waals surface area contributed by atoms with Gasteiger partial charge in [0.15, 0.2) is 5.82 Å². The third-order valence-electron chi connectivity index (χ3n) is 7.92. The van der Waals surface area contributed by atoms with E-state index >= 15 is 0 Å². The Morgan fingerprint density at radius 3 is 2.55 bits per heavy atom. The number of aromatic nitrogens is 5. The van der Waals surface area contributed by atoms with Crippen molar-refractivity contribution in [2.24, 2.45) is 0 Å². The largest absolute Gasteiger partial charge is 0.497 e. The summed E-state index contributed by atoms with van der Waals surface area (Å²) in [5.41, 5.74) is 1.84. The maximum absolute atomic E-state index is 13.8. The van der Waals surface area contributed by atoms with Gasteiger partial charge in [-0.05, 0) is 85.5 Å². The van der Waals surface area contributed by atoms with Gasteiger partial charge >= 0.3 is 0 Å². The average molecular weight is 547 g/mol. The number of nitrogens with zero attached hydrogens (tertiary/aromatic N) is 5. The predicted molar refractivity (Wildman–Crippen MR) is 153 cm³/mol. The molecule has 4 aromatic rings. The number of H-pyrrole nitrogens is 1. The highest BCUT2D eigenvalue weighted by Crippen LogP contribution is 2.33. The van der Waals surface area contributed by atoms with Crippen LogP contribution in [0, 0.1) is 0 Å². The zero-order chi connectivity index (χ0) is 28.3. The van der Waals surface area contributed by atoms with Crippen molar-refractivity contribution in [1.29, 1.82) is 0 Å². The minimum atomic E-state index is -0.536. The normalized spacial score (nSPS) is 16.5. The van der Waals surface area contributed by atoms with Gasteiger partial charge in [-0.3, -0.25) is 9.69 Å². The Kier molecular flexibility index (Phi) is 8.18. The lowest BCUT2D eigenvalue weighted by Gasteiger charge is -2.34. The third-order valence-corrected chi connectivity index (χ3v) is 7.92. The van der Waals surface area contributed by atoms with E-state index in [9.17, 15) is 4.79 Å². The van der Waals surface area contributed by atoms with E-state index in [-0.39, 0.29) is 17.2 Å². The Labute approximate surface area is 234 Å². The van der Waals surface area contributed by atoms with Gasteiger partial charge in [0.25, 0.3) is 5.56 Å². The summed E-state index contributed by atoms with van der Waals surface area (Å²) in [5, 5.41) is 13.9. The molecule has 2 aromatic carbocycles. The second-order valence-corrected chi connectivity index (χ2v) is 10.9.